The Bertz CT molecular complexity index is 369. The summed E-state index contributed by atoms with van der Waals surface area (Å²) in [6, 6.07) is 5.28. The van der Waals surface area contributed by atoms with Crippen LogP contribution < -0.4 is 10.1 Å². The van der Waals surface area contributed by atoms with E-state index in [1.165, 1.54) is 0 Å². The molecule has 4 heteroatoms. The van der Waals surface area contributed by atoms with Crippen molar-refractivity contribution in [1.29, 1.82) is 0 Å². The maximum absolute atomic E-state index is 6.10. The predicted octanol–water partition coefficient (Wildman–Crippen LogP) is 4.40. The minimum absolute atomic E-state index is 0.0903. The fraction of sp³-hybridized carbons (Fsp3) is 0.571. The van der Waals surface area contributed by atoms with Crippen molar-refractivity contribution < 1.29 is 4.74 Å². The molecule has 0 aliphatic rings. The van der Waals surface area contributed by atoms with Gasteiger partial charge in [-0.1, -0.05) is 44.0 Å². The molecule has 0 saturated heterocycles. The largest absolute Gasteiger partial charge is 0.487 e. The lowest BCUT2D eigenvalue weighted by Gasteiger charge is -2.23. The monoisotopic (exact) mass is 289 g/mol. The number of rotatable bonds is 7. The maximum Gasteiger partial charge on any atom is 0.139 e. The minimum Gasteiger partial charge on any atom is -0.487 e. The van der Waals surface area contributed by atoms with Crippen molar-refractivity contribution >= 4 is 23.2 Å². The van der Waals surface area contributed by atoms with Gasteiger partial charge in [0.25, 0.3) is 0 Å². The molecule has 0 aliphatic carbocycles. The van der Waals surface area contributed by atoms with Crippen LogP contribution in [0.2, 0.25) is 10.0 Å². The van der Waals surface area contributed by atoms with E-state index in [4.69, 9.17) is 27.9 Å². The Kier molecular flexibility index (Phi) is 6.83. The first-order valence-electron chi connectivity index (χ1n) is 6.37. The molecule has 0 bridgehead atoms. The molecule has 0 amide bonds. The van der Waals surface area contributed by atoms with Gasteiger partial charge in [-0.2, -0.15) is 0 Å². The molecule has 1 aromatic rings. The van der Waals surface area contributed by atoms with Crippen LogP contribution in [0, 0.1) is 5.92 Å². The molecule has 1 aromatic carbocycles. The van der Waals surface area contributed by atoms with Gasteiger partial charge in [0, 0.05) is 17.6 Å². The molecular formula is C14H21Cl2NO. The van der Waals surface area contributed by atoms with E-state index in [2.05, 4.69) is 26.1 Å². The quantitative estimate of drug-likeness (QED) is 0.752. The number of halogens is 2. The topological polar surface area (TPSA) is 21.3 Å². The zero-order valence-corrected chi connectivity index (χ0v) is 12.7. The lowest BCUT2D eigenvalue weighted by atomic mass is 10.1. The fourth-order valence-electron chi connectivity index (χ4n) is 1.57. The van der Waals surface area contributed by atoms with Gasteiger partial charge in [-0.05, 0) is 31.0 Å². The molecule has 1 rings (SSSR count). The van der Waals surface area contributed by atoms with E-state index in [9.17, 15) is 0 Å². The summed E-state index contributed by atoms with van der Waals surface area (Å²) >= 11 is 12.1. The lowest BCUT2D eigenvalue weighted by molar-refractivity contribution is 0.149. The van der Waals surface area contributed by atoms with Gasteiger partial charge in [0.2, 0.25) is 0 Å². The van der Waals surface area contributed by atoms with E-state index >= 15 is 0 Å². The Morgan fingerprint density at radius 1 is 1.28 bits per heavy atom. The first kappa shape index (κ1) is 15.6. The normalized spacial score (nSPS) is 12.8. The van der Waals surface area contributed by atoms with Crippen LogP contribution in [-0.2, 0) is 0 Å². The van der Waals surface area contributed by atoms with Crippen LogP contribution in [0.4, 0.5) is 0 Å². The average molecular weight is 290 g/mol. The molecular weight excluding hydrogens is 269 g/mol. The van der Waals surface area contributed by atoms with E-state index in [1.807, 2.05) is 0 Å². The molecule has 0 heterocycles. The molecule has 102 valence electrons. The summed E-state index contributed by atoms with van der Waals surface area (Å²) in [5.74, 6) is 1.06. The minimum atomic E-state index is 0.0903. The van der Waals surface area contributed by atoms with Gasteiger partial charge in [-0.3, -0.25) is 0 Å². The molecule has 2 nitrogen and oxygen atoms in total. The Hall–Kier alpha value is -0.440. The molecule has 0 aliphatic heterocycles. The SMILES string of the molecule is CCCNCC(Oc1cc(Cl)ccc1Cl)C(C)C. The highest BCUT2D eigenvalue weighted by molar-refractivity contribution is 6.34. The summed E-state index contributed by atoms with van der Waals surface area (Å²) in [5.41, 5.74) is 0. The van der Waals surface area contributed by atoms with Gasteiger partial charge in [0.15, 0.2) is 0 Å². The summed E-state index contributed by atoms with van der Waals surface area (Å²) in [4.78, 5) is 0. The fourth-order valence-corrected chi connectivity index (χ4v) is 1.89. The summed E-state index contributed by atoms with van der Waals surface area (Å²) in [6.45, 7) is 8.23. The number of benzene rings is 1. The van der Waals surface area contributed by atoms with E-state index in [-0.39, 0.29) is 6.10 Å². The highest BCUT2D eigenvalue weighted by Crippen LogP contribution is 2.29. The van der Waals surface area contributed by atoms with Gasteiger partial charge in [-0.25, -0.2) is 0 Å². The molecule has 1 unspecified atom stereocenters. The summed E-state index contributed by atoms with van der Waals surface area (Å²) in [6.07, 6.45) is 1.20. The second-order valence-electron chi connectivity index (χ2n) is 4.68. The molecule has 18 heavy (non-hydrogen) atoms. The van der Waals surface area contributed by atoms with Crippen LogP contribution >= 0.6 is 23.2 Å². The van der Waals surface area contributed by atoms with E-state index in [0.29, 0.717) is 21.7 Å². The first-order chi connectivity index (χ1) is 8.54. The van der Waals surface area contributed by atoms with Crippen molar-refractivity contribution in [2.24, 2.45) is 5.92 Å². The van der Waals surface area contributed by atoms with Crippen molar-refractivity contribution in [3.05, 3.63) is 28.2 Å². The summed E-state index contributed by atoms with van der Waals surface area (Å²) in [7, 11) is 0. The van der Waals surface area contributed by atoms with Gasteiger partial charge in [0.05, 0.1) is 5.02 Å². The smallest absolute Gasteiger partial charge is 0.139 e. The molecule has 0 saturated carbocycles. The maximum atomic E-state index is 6.10. The van der Waals surface area contributed by atoms with Gasteiger partial charge >= 0.3 is 0 Å². The molecule has 0 radical (unpaired) electrons. The average Bonchev–Trinajstić information content (AvgIpc) is 2.32. The standard InChI is InChI=1S/C14H21Cl2NO/c1-4-7-17-9-14(10(2)3)18-13-8-11(15)5-6-12(13)16/h5-6,8,10,14,17H,4,7,9H2,1-3H3. The van der Waals surface area contributed by atoms with E-state index < -0.39 is 0 Å². The second-order valence-corrected chi connectivity index (χ2v) is 5.52. The second kappa shape index (κ2) is 7.88. The summed E-state index contributed by atoms with van der Waals surface area (Å²) in [5, 5.41) is 4.60. The Labute approximate surface area is 120 Å². The molecule has 1 atom stereocenters. The molecule has 0 aromatic heterocycles. The Morgan fingerprint density at radius 3 is 2.61 bits per heavy atom. The summed E-state index contributed by atoms with van der Waals surface area (Å²) < 4.78 is 5.96. The van der Waals surface area contributed by atoms with Crippen LogP contribution in [0.15, 0.2) is 18.2 Å². The number of ether oxygens (including phenoxy) is 1. The number of hydrogen-bond acceptors (Lipinski definition) is 2. The highest BCUT2D eigenvalue weighted by Gasteiger charge is 2.16. The molecule has 0 spiro atoms. The van der Waals surface area contributed by atoms with Crippen molar-refractivity contribution in [2.45, 2.75) is 33.3 Å². The van der Waals surface area contributed by atoms with Crippen molar-refractivity contribution in [2.75, 3.05) is 13.1 Å². The van der Waals surface area contributed by atoms with Gasteiger partial charge in [-0.15, -0.1) is 0 Å². The molecule has 1 N–H and O–H groups in total. The van der Waals surface area contributed by atoms with Gasteiger partial charge < -0.3 is 10.1 Å². The van der Waals surface area contributed by atoms with E-state index in [0.717, 1.165) is 19.5 Å². The van der Waals surface area contributed by atoms with Crippen LogP contribution in [-0.4, -0.2) is 19.2 Å². The molecule has 0 fully saturated rings. The zero-order chi connectivity index (χ0) is 13.5. The van der Waals surface area contributed by atoms with Crippen LogP contribution in [0.3, 0.4) is 0 Å². The van der Waals surface area contributed by atoms with Gasteiger partial charge in [0.1, 0.15) is 11.9 Å². The zero-order valence-electron chi connectivity index (χ0n) is 11.2. The first-order valence-corrected chi connectivity index (χ1v) is 7.12. The number of nitrogens with one attached hydrogen (secondary N) is 1. The van der Waals surface area contributed by atoms with Crippen LogP contribution in [0.5, 0.6) is 5.75 Å². The van der Waals surface area contributed by atoms with E-state index in [1.54, 1.807) is 18.2 Å². The predicted molar refractivity (Wildman–Crippen MR) is 78.9 cm³/mol. The number of hydrogen-bond donors (Lipinski definition) is 1. The van der Waals surface area contributed by atoms with Crippen LogP contribution in [0.1, 0.15) is 27.2 Å². The Balaban J connectivity index is 2.67. The third-order valence-electron chi connectivity index (χ3n) is 2.69. The van der Waals surface area contributed by atoms with Crippen molar-refractivity contribution in [1.82, 2.24) is 5.32 Å². The Morgan fingerprint density at radius 2 is 2.00 bits per heavy atom. The van der Waals surface area contributed by atoms with Crippen LogP contribution in [0.25, 0.3) is 0 Å². The third-order valence-corrected chi connectivity index (χ3v) is 3.23. The third kappa shape index (κ3) is 5.05. The van der Waals surface area contributed by atoms with Crippen molar-refractivity contribution in [3.63, 3.8) is 0 Å². The lowest BCUT2D eigenvalue weighted by Crippen LogP contribution is -2.35. The highest BCUT2D eigenvalue weighted by atomic mass is 35.5. The van der Waals surface area contributed by atoms with Crippen molar-refractivity contribution in [3.8, 4) is 5.75 Å².